The van der Waals surface area contributed by atoms with Gasteiger partial charge in [-0.25, -0.2) is 0 Å². The molecule has 0 N–H and O–H groups in total. The average molecular weight is 273 g/mol. The van der Waals surface area contributed by atoms with Gasteiger partial charge in [0.15, 0.2) is 0 Å². The first-order valence-corrected chi connectivity index (χ1v) is 6.75. The Morgan fingerprint density at radius 2 is 1.67 bits per heavy atom. The van der Waals surface area contributed by atoms with Gasteiger partial charge < -0.3 is 0 Å². The fourth-order valence-corrected chi connectivity index (χ4v) is 2.30. The Labute approximate surface area is 124 Å². The molecule has 0 bridgehead atoms. The number of hydrogen-bond acceptors (Lipinski definition) is 2. The lowest BCUT2D eigenvalue weighted by Gasteiger charge is -2.02. The minimum Gasteiger partial charge on any atom is -0.275 e. The van der Waals surface area contributed by atoms with Gasteiger partial charge >= 0.3 is 0 Å². The summed E-state index contributed by atoms with van der Waals surface area (Å²) in [6, 6.07) is 12.2. The number of pyridine rings is 1. The Balaban J connectivity index is 2.08. The van der Waals surface area contributed by atoms with Crippen molar-refractivity contribution in [2.24, 2.45) is 7.05 Å². The molecule has 3 nitrogen and oxygen atoms in total. The summed E-state index contributed by atoms with van der Waals surface area (Å²) in [5.74, 6) is 5.96. The molecule has 2 heterocycles. The average Bonchev–Trinajstić information content (AvgIpc) is 2.91. The van der Waals surface area contributed by atoms with Gasteiger partial charge in [0.1, 0.15) is 5.69 Å². The monoisotopic (exact) mass is 273 g/mol. The summed E-state index contributed by atoms with van der Waals surface area (Å²) in [4.78, 5) is 4.07. The molecule has 2 aromatic heterocycles. The number of aryl methyl sites for hydroxylation is 1. The number of benzene rings is 1. The van der Waals surface area contributed by atoms with E-state index in [9.17, 15) is 0 Å². The fraction of sp³-hybridized carbons (Fsp3) is 0.111. The van der Waals surface area contributed by atoms with Crippen molar-refractivity contribution in [2.45, 2.75) is 6.92 Å². The molecule has 0 amide bonds. The molecular weight excluding hydrogens is 258 g/mol. The molecule has 0 aliphatic rings. The molecule has 0 unspecified atom stereocenters. The number of nitrogens with zero attached hydrogens (tertiary/aromatic N) is 3. The maximum absolute atomic E-state index is 4.59. The Kier molecular flexibility index (Phi) is 3.53. The van der Waals surface area contributed by atoms with Crippen molar-refractivity contribution < 1.29 is 0 Å². The first kappa shape index (κ1) is 13.1. The van der Waals surface area contributed by atoms with Crippen LogP contribution in [0.2, 0.25) is 0 Å². The molecule has 0 fully saturated rings. The second kappa shape index (κ2) is 5.64. The maximum Gasteiger partial charge on any atom is 0.100 e. The second-order valence-corrected chi connectivity index (χ2v) is 4.75. The zero-order valence-corrected chi connectivity index (χ0v) is 12.0. The molecule has 3 heteroatoms. The summed E-state index contributed by atoms with van der Waals surface area (Å²) >= 11 is 0. The van der Waals surface area contributed by atoms with Crippen LogP contribution in [-0.4, -0.2) is 14.8 Å². The predicted octanol–water partition coefficient (Wildman–Crippen LogP) is 3.52. The quantitative estimate of drug-likeness (QED) is 0.669. The SMILES string of the molecule is CC#Cc1ccc(-c2nn(C)cc2-c2ccncc2)cc1. The first-order valence-electron chi connectivity index (χ1n) is 6.75. The molecule has 0 saturated heterocycles. The highest BCUT2D eigenvalue weighted by Crippen LogP contribution is 2.30. The highest BCUT2D eigenvalue weighted by molar-refractivity contribution is 5.80. The highest BCUT2D eigenvalue weighted by Gasteiger charge is 2.11. The van der Waals surface area contributed by atoms with Gasteiger partial charge in [-0.3, -0.25) is 9.67 Å². The van der Waals surface area contributed by atoms with E-state index < -0.39 is 0 Å². The normalized spacial score (nSPS) is 10.0. The Morgan fingerprint density at radius 1 is 0.952 bits per heavy atom. The molecule has 0 radical (unpaired) electrons. The van der Waals surface area contributed by atoms with Crippen LogP contribution < -0.4 is 0 Å². The van der Waals surface area contributed by atoms with Crippen molar-refractivity contribution in [1.29, 1.82) is 0 Å². The van der Waals surface area contributed by atoms with E-state index >= 15 is 0 Å². The van der Waals surface area contributed by atoms with Gasteiger partial charge in [0, 0.05) is 42.3 Å². The predicted molar refractivity (Wildman–Crippen MR) is 84.4 cm³/mol. The molecule has 0 aliphatic heterocycles. The van der Waals surface area contributed by atoms with Crippen LogP contribution in [0.3, 0.4) is 0 Å². The third kappa shape index (κ3) is 2.70. The Bertz CT molecular complexity index is 803. The summed E-state index contributed by atoms with van der Waals surface area (Å²) < 4.78 is 1.84. The number of rotatable bonds is 2. The summed E-state index contributed by atoms with van der Waals surface area (Å²) in [6.45, 7) is 1.84. The van der Waals surface area contributed by atoms with Gasteiger partial charge in [-0.05, 0) is 36.8 Å². The van der Waals surface area contributed by atoms with E-state index in [4.69, 9.17) is 0 Å². The van der Waals surface area contributed by atoms with Crippen molar-refractivity contribution in [3.63, 3.8) is 0 Å². The molecule has 0 aliphatic carbocycles. The Morgan fingerprint density at radius 3 is 2.33 bits per heavy atom. The van der Waals surface area contributed by atoms with Gasteiger partial charge in [0.05, 0.1) is 0 Å². The zero-order valence-electron chi connectivity index (χ0n) is 12.0. The van der Waals surface area contributed by atoms with Gasteiger partial charge in [-0.2, -0.15) is 5.10 Å². The van der Waals surface area contributed by atoms with E-state index in [1.807, 2.05) is 49.1 Å². The first-order chi connectivity index (χ1) is 10.3. The van der Waals surface area contributed by atoms with Gasteiger partial charge in [0.2, 0.25) is 0 Å². The lowest BCUT2D eigenvalue weighted by atomic mass is 10.0. The van der Waals surface area contributed by atoms with Crippen molar-refractivity contribution in [1.82, 2.24) is 14.8 Å². The van der Waals surface area contributed by atoms with Crippen molar-refractivity contribution in [2.75, 3.05) is 0 Å². The van der Waals surface area contributed by atoms with E-state index in [0.717, 1.165) is 27.9 Å². The molecule has 3 aromatic rings. The van der Waals surface area contributed by atoms with Crippen LogP contribution in [0.5, 0.6) is 0 Å². The highest BCUT2D eigenvalue weighted by atomic mass is 15.2. The third-order valence-electron chi connectivity index (χ3n) is 3.25. The molecule has 21 heavy (non-hydrogen) atoms. The lowest BCUT2D eigenvalue weighted by Crippen LogP contribution is -1.88. The van der Waals surface area contributed by atoms with Gasteiger partial charge in [-0.1, -0.05) is 18.1 Å². The van der Waals surface area contributed by atoms with E-state index in [2.05, 4.69) is 34.1 Å². The van der Waals surface area contributed by atoms with Gasteiger partial charge in [0.25, 0.3) is 0 Å². The molecule has 102 valence electrons. The van der Waals surface area contributed by atoms with Crippen LogP contribution >= 0.6 is 0 Å². The standard InChI is InChI=1S/C18H15N3/c1-3-4-14-5-7-16(8-6-14)18-17(13-21(2)20-18)15-9-11-19-12-10-15/h5-13H,1-2H3. The van der Waals surface area contributed by atoms with E-state index in [0.29, 0.717) is 0 Å². The van der Waals surface area contributed by atoms with Crippen molar-refractivity contribution in [3.05, 3.63) is 60.6 Å². The summed E-state index contributed by atoms with van der Waals surface area (Å²) in [5.41, 5.74) is 5.30. The van der Waals surface area contributed by atoms with Crippen LogP contribution in [0.15, 0.2) is 55.0 Å². The fourth-order valence-electron chi connectivity index (χ4n) is 2.30. The summed E-state index contributed by atoms with van der Waals surface area (Å²) in [6.07, 6.45) is 5.63. The lowest BCUT2D eigenvalue weighted by molar-refractivity contribution is 0.771. The Hall–Kier alpha value is -2.86. The van der Waals surface area contributed by atoms with E-state index in [-0.39, 0.29) is 0 Å². The molecule has 3 rings (SSSR count). The second-order valence-electron chi connectivity index (χ2n) is 4.75. The van der Waals surface area contributed by atoms with Crippen LogP contribution in [0.4, 0.5) is 0 Å². The zero-order chi connectivity index (χ0) is 14.7. The van der Waals surface area contributed by atoms with E-state index in [1.54, 1.807) is 12.4 Å². The van der Waals surface area contributed by atoms with Crippen LogP contribution in [0.1, 0.15) is 12.5 Å². The summed E-state index contributed by atoms with van der Waals surface area (Å²) in [7, 11) is 1.94. The van der Waals surface area contributed by atoms with E-state index in [1.165, 1.54) is 0 Å². The van der Waals surface area contributed by atoms with Crippen molar-refractivity contribution in [3.8, 4) is 34.2 Å². The molecule has 0 saturated carbocycles. The molecule has 0 atom stereocenters. The molecule has 1 aromatic carbocycles. The minimum atomic E-state index is 0.972. The number of hydrogen-bond donors (Lipinski definition) is 0. The topological polar surface area (TPSA) is 30.7 Å². The van der Waals surface area contributed by atoms with Crippen molar-refractivity contribution >= 4 is 0 Å². The van der Waals surface area contributed by atoms with Crippen LogP contribution in [-0.2, 0) is 7.05 Å². The summed E-state index contributed by atoms with van der Waals surface area (Å²) in [5, 5.41) is 4.59. The molecular formula is C18H15N3. The third-order valence-corrected chi connectivity index (χ3v) is 3.25. The van der Waals surface area contributed by atoms with Gasteiger partial charge in [-0.15, -0.1) is 5.92 Å². The largest absolute Gasteiger partial charge is 0.275 e. The maximum atomic E-state index is 4.59. The van der Waals surface area contributed by atoms with Crippen LogP contribution in [0, 0.1) is 11.8 Å². The molecule has 0 spiro atoms. The number of aromatic nitrogens is 3. The smallest absolute Gasteiger partial charge is 0.100 e. The minimum absolute atomic E-state index is 0.972. The van der Waals surface area contributed by atoms with Crippen LogP contribution in [0.25, 0.3) is 22.4 Å².